The van der Waals surface area contributed by atoms with Gasteiger partial charge in [0.2, 0.25) is 0 Å². The van der Waals surface area contributed by atoms with Crippen molar-refractivity contribution in [3.63, 3.8) is 0 Å². The van der Waals surface area contributed by atoms with Gasteiger partial charge in [0, 0.05) is 37.7 Å². The maximum absolute atomic E-state index is 5.45. The predicted octanol–water partition coefficient (Wildman–Crippen LogP) is 3.45. The molecule has 0 fully saturated rings. The van der Waals surface area contributed by atoms with E-state index < -0.39 is 0 Å². The van der Waals surface area contributed by atoms with Crippen molar-refractivity contribution in [1.29, 1.82) is 0 Å². The largest absolute Gasteiger partial charge is 0.382 e. The molecule has 0 radical (unpaired) electrons. The van der Waals surface area contributed by atoms with Crippen molar-refractivity contribution in [1.82, 2.24) is 15.6 Å². The Morgan fingerprint density at radius 1 is 1.15 bits per heavy atom. The highest BCUT2D eigenvalue weighted by Gasteiger charge is 2.09. The third-order valence-electron chi connectivity index (χ3n) is 3.74. The summed E-state index contributed by atoms with van der Waals surface area (Å²) < 4.78 is 10.4. The van der Waals surface area contributed by atoms with E-state index in [9.17, 15) is 0 Å². The first kappa shape index (κ1) is 23.8. The maximum atomic E-state index is 5.45. The van der Waals surface area contributed by atoms with Gasteiger partial charge >= 0.3 is 0 Å². The lowest BCUT2D eigenvalue weighted by atomic mass is 10.2. The Balaban J connectivity index is 0.00000364. The van der Waals surface area contributed by atoms with Crippen molar-refractivity contribution in [2.24, 2.45) is 4.99 Å². The Morgan fingerprint density at radius 3 is 2.63 bits per heavy atom. The Kier molecular flexibility index (Phi) is 12.2. The normalized spacial score (nSPS) is 11.1. The van der Waals surface area contributed by atoms with Crippen molar-refractivity contribution in [2.45, 2.75) is 19.9 Å². The van der Waals surface area contributed by atoms with Crippen LogP contribution in [-0.2, 0) is 16.0 Å². The van der Waals surface area contributed by atoms with Crippen LogP contribution in [0.25, 0.3) is 10.6 Å². The van der Waals surface area contributed by atoms with Crippen LogP contribution in [0.2, 0.25) is 0 Å². The van der Waals surface area contributed by atoms with Crippen molar-refractivity contribution < 1.29 is 9.47 Å². The minimum Gasteiger partial charge on any atom is -0.382 e. The molecular formula is C19H29IN4O2S. The number of halogens is 1. The third-order valence-corrected chi connectivity index (χ3v) is 4.95. The highest BCUT2D eigenvalue weighted by Crippen LogP contribution is 2.27. The molecule has 0 bridgehead atoms. The number of nitrogens with one attached hydrogen (secondary N) is 2. The van der Waals surface area contributed by atoms with E-state index in [4.69, 9.17) is 9.47 Å². The zero-order valence-corrected chi connectivity index (χ0v) is 19.3. The number of aryl methyl sites for hydroxylation is 1. The summed E-state index contributed by atoms with van der Waals surface area (Å²) in [5.41, 5.74) is 2.21. The number of benzene rings is 1. The smallest absolute Gasteiger partial charge is 0.191 e. The van der Waals surface area contributed by atoms with E-state index in [1.807, 2.05) is 25.1 Å². The Hall–Kier alpha value is -1.23. The number of nitrogens with zero attached hydrogens (tertiary/aromatic N) is 2. The van der Waals surface area contributed by atoms with Gasteiger partial charge in [0.15, 0.2) is 5.96 Å². The van der Waals surface area contributed by atoms with Gasteiger partial charge in [-0.2, -0.15) is 0 Å². The molecule has 8 heteroatoms. The molecule has 150 valence electrons. The summed E-state index contributed by atoms with van der Waals surface area (Å²) in [7, 11) is 3.45. The van der Waals surface area contributed by atoms with Crippen LogP contribution in [0.1, 0.15) is 17.0 Å². The van der Waals surface area contributed by atoms with E-state index in [0.717, 1.165) is 35.2 Å². The monoisotopic (exact) mass is 504 g/mol. The van der Waals surface area contributed by atoms with Crippen molar-refractivity contribution in [3.8, 4) is 10.6 Å². The average molecular weight is 504 g/mol. The minimum atomic E-state index is 0. The van der Waals surface area contributed by atoms with E-state index in [2.05, 4.69) is 32.7 Å². The second-order valence-electron chi connectivity index (χ2n) is 5.70. The minimum absolute atomic E-state index is 0. The molecule has 6 nitrogen and oxygen atoms in total. The molecule has 1 heterocycles. The van der Waals surface area contributed by atoms with E-state index in [0.29, 0.717) is 26.4 Å². The fraction of sp³-hybridized carbons (Fsp3) is 0.474. The van der Waals surface area contributed by atoms with Crippen LogP contribution in [0.15, 0.2) is 35.3 Å². The summed E-state index contributed by atoms with van der Waals surface area (Å²) in [5.74, 6) is 0.788. The van der Waals surface area contributed by atoms with E-state index in [1.54, 1.807) is 25.5 Å². The van der Waals surface area contributed by atoms with Gasteiger partial charge in [0.1, 0.15) is 5.01 Å². The van der Waals surface area contributed by atoms with Crippen LogP contribution in [-0.4, -0.2) is 51.5 Å². The molecule has 1 aromatic carbocycles. The lowest BCUT2D eigenvalue weighted by Crippen LogP contribution is -2.37. The highest BCUT2D eigenvalue weighted by atomic mass is 127. The SMILES string of the molecule is CN=C(NCCCOCCOC)NCc1sc(-c2ccccc2)nc1C.I. The van der Waals surface area contributed by atoms with Gasteiger partial charge in [-0.25, -0.2) is 4.98 Å². The zero-order chi connectivity index (χ0) is 18.6. The summed E-state index contributed by atoms with van der Waals surface area (Å²) in [5, 5.41) is 7.70. The van der Waals surface area contributed by atoms with Crippen LogP contribution in [0.5, 0.6) is 0 Å². The molecule has 0 amide bonds. The first-order valence-electron chi connectivity index (χ1n) is 8.77. The quantitative estimate of drug-likeness (QED) is 0.225. The van der Waals surface area contributed by atoms with E-state index in [1.165, 1.54) is 4.88 Å². The van der Waals surface area contributed by atoms with Gasteiger partial charge in [-0.1, -0.05) is 30.3 Å². The van der Waals surface area contributed by atoms with Gasteiger partial charge < -0.3 is 20.1 Å². The number of thiazole rings is 1. The molecule has 0 aliphatic rings. The Labute approximate surface area is 182 Å². The number of aliphatic imine (C=N–C) groups is 1. The van der Waals surface area contributed by atoms with Crippen molar-refractivity contribution in [3.05, 3.63) is 40.9 Å². The molecule has 0 aliphatic heterocycles. The number of ether oxygens (including phenoxy) is 2. The maximum Gasteiger partial charge on any atom is 0.191 e. The summed E-state index contributed by atoms with van der Waals surface area (Å²) >= 11 is 1.72. The molecule has 0 saturated heterocycles. The Morgan fingerprint density at radius 2 is 1.93 bits per heavy atom. The molecule has 0 saturated carbocycles. The lowest BCUT2D eigenvalue weighted by Gasteiger charge is -2.11. The van der Waals surface area contributed by atoms with Gasteiger partial charge in [-0.05, 0) is 13.3 Å². The average Bonchev–Trinajstić information content (AvgIpc) is 3.05. The molecule has 0 unspecified atom stereocenters. The summed E-state index contributed by atoms with van der Waals surface area (Å²) in [6, 6.07) is 10.3. The molecular weight excluding hydrogens is 475 g/mol. The van der Waals surface area contributed by atoms with Crippen LogP contribution < -0.4 is 10.6 Å². The lowest BCUT2D eigenvalue weighted by molar-refractivity contribution is 0.0698. The topological polar surface area (TPSA) is 67.8 Å². The highest BCUT2D eigenvalue weighted by molar-refractivity contribution is 14.0. The zero-order valence-electron chi connectivity index (χ0n) is 16.2. The molecule has 0 aliphatic carbocycles. The van der Waals surface area contributed by atoms with E-state index in [-0.39, 0.29) is 24.0 Å². The van der Waals surface area contributed by atoms with Crippen LogP contribution in [0.3, 0.4) is 0 Å². The van der Waals surface area contributed by atoms with Gasteiger partial charge in [-0.3, -0.25) is 4.99 Å². The van der Waals surface area contributed by atoms with Gasteiger partial charge in [-0.15, -0.1) is 35.3 Å². The number of methoxy groups -OCH3 is 1. The van der Waals surface area contributed by atoms with Gasteiger partial charge in [0.05, 0.1) is 25.5 Å². The molecule has 1 aromatic heterocycles. The summed E-state index contributed by atoms with van der Waals surface area (Å²) in [4.78, 5) is 10.2. The molecule has 2 rings (SSSR count). The second-order valence-corrected chi connectivity index (χ2v) is 6.79. The number of aromatic nitrogens is 1. The predicted molar refractivity (Wildman–Crippen MR) is 123 cm³/mol. The van der Waals surface area contributed by atoms with Crippen LogP contribution in [0.4, 0.5) is 0 Å². The first-order valence-corrected chi connectivity index (χ1v) is 9.59. The number of rotatable bonds is 10. The molecule has 2 aromatic rings. The van der Waals surface area contributed by atoms with Crippen molar-refractivity contribution >= 4 is 41.3 Å². The Bertz CT molecular complexity index is 680. The number of hydrogen-bond acceptors (Lipinski definition) is 5. The van der Waals surface area contributed by atoms with E-state index >= 15 is 0 Å². The van der Waals surface area contributed by atoms with Crippen molar-refractivity contribution in [2.75, 3.05) is 40.5 Å². The number of guanidine groups is 1. The molecule has 0 atom stereocenters. The van der Waals surface area contributed by atoms with Crippen LogP contribution >= 0.6 is 35.3 Å². The second kappa shape index (κ2) is 13.9. The summed E-state index contributed by atoms with van der Waals surface area (Å²) in [6.45, 7) is 5.55. The number of hydrogen-bond donors (Lipinski definition) is 2. The van der Waals surface area contributed by atoms with Crippen LogP contribution in [0, 0.1) is 6.92 Å². The fourth-order valence-corrected chi connectivity index (χ4v) is 3.31. The molecule has 0 spiro atoms. The van der Waals surface area contributed by atoms with Gasteiger partial charge in [0.25, 0.3) is 0 Å². The standard InChI is InChI=1S/C19H28N4O2S.HI/c1-15-17(26-18(23-15)16-8-5-4-6-9-16)14-22-19(20-2)21-10-7-11-25-13-12-24-3;/h4-6,8-9H,7,10-14H2,1-3H3,(H2,20,21,22);1H. The molecule has 27 heavy (non-hydrogen) atoms. The fourth-order valence-electron chi connectivity index (χ4n) is 2.31. The molecule has 2 N–H and O–H groups in total. The summed E-state index contributed by atoms with van der Waals surface area (Å²) in [6.07, 6.45) is 0.919. The third kappa shape index (κ3) is 8.54. The first-order chi connectivity index (χ1) is 12.7.